The molecule has 0 bridgehead atoms. The molecule has 3 aliphatic heterocycles. The summed E-state index contributed by atoms with van der Waals surface area (Å²) in [6.07, 6.45) is 0.00361. The van der Waals surface area contributed by atoms with E-state index >= 15 is 0 Å². The third-order valence-corrected chi connectivity index (χ3v) is 6.11. The van der Waals surface area contributed by atoms with Crippen molar-refractivity contribution in [2.75, 3.05) is 11.5 Å². The Morgan fingerprint density at radius 3 is 1.74 bits per heavy atom. The molecule has 3 heterocycles. The molecule has 3 saturated heterocycles. The molecule has 0 radical (unpaired) electrons. The summed E-state index contributed by atoms with van der Waals surface area (Å²) in [6, 6.07) is 0.426. The van der Waals surface area contributed by atoms with Crippen molar-refractivity contribution < 1.29 is 9.47 Å². The topological polar surface area (TPSA) is 42.5 Å². The fraction of sp³-hybridized carbons (Fsp3) is 0.818. The fourth-order valence-corrected chi connectivity index (χ4v) is 4.98. The van der Waals surface area contributed by atoms with Crippen LogP contribution in [0.3, 0.4) is 0 Å². The van der Waals surface area contributed by atoms with Crippen LogP contribution in [0.4, 0.5) is 0 Å². The monoisotopic (exact) mass is 336 g/mol. The fourth-order valence-electron chi connectivity index (χ4n) is 2.59. The van der Waals surface area contributed by atoms with Gasteiger partial charge in [-0.3, -0.25) is 0 Å². The second-order valence-corrected chi connectivity index (χ2v) is 8.66. The van der Waals surface area contributed by atoms with Crippen LogP contribution in [0.2, 0.25) is 0 Å². The van der Waals surface area contributed by atoms with Crippen molar-refractivity contribution in [1.29, 1.82) is 0 Å². The summed E-state index contributed by atoms with van der Waals surface area (Å²) in [5, 5.41) is 6.64. The van der Waals surface area contributed by atoms with Crippen LogP contribution in [-0.4, -0.2) is 50.2 Å². The van der Waals surface area contributed by atoms with Crippen molar-refractivity contribution in [3.63, 3.8) is 0 Å². The smallest absolute Gasteiger partial charge is 0.163 e. The summed E-state index contributed by atoms with van der Waals surface area (Å²) in [5.74, 6) is 1.32. The highest BCUT2D eigenvalue weighted by molar-refractivity contribution is 8.23. The van der Waals surface area contributed by atoms with Gasteiger partial charge >= 0.3 is 0 Å². The quantitative estimate of drug-likeness (QED) is 0.735. The van der Waals surface area contributed by atoms with E-state index in [1.54, 1.807) is 23.5 Å². The average Bonchev–Trinajstić information content (AvgIpc) is 2.98. The van der Waals surface area contributed by atoms with Crippen LogP contribution in [0.15, 0.2) is 0 Å². The van der Waals surface area contributed by atoms with E-state index in [4.69, 9.17) is 33.9 Å². The number of ether oxygens (including phenoxy) is 2. The predicted octanol–water partition coefficient (Wildman–Crippen LogP) is 1.49. The first-order valence-corrected chi connectivity index (χ1v) is 8.96. The highest BCUT2D eigenvalue weighted by Crippen LogP contribution is 2.36. The molecular weight excluding hydrogens is 320 g/mol. The molecule has 3 rings (SSSR count). The Morgan fingerprint density at radius 1 is 1.00 bits per heavy atom. The van der Waals surface area contributed by atoms with Crippen molar-refractivity contribution in [3.05, 3.63) is 0 Å². The molecule has 2 N–H and O–H groups in total. The van der Waals surface area contributed by atoms with Crippen molar-refractivity contribution in [1.82, 2.24) is 10.6 Å². The van der Waals surface area contributed by atoms with Crippen LogP contribution in [0.25, 0.3) is 0 Å². The van der Waals surface area contributed by atoms with Gasteiger partial charge in [-0.2, -0.15) is 0 Å². The maximum Gasteiger partial charge on any atom is 0.163 e. The summed E-state index contributed by atoms with van der Waals surface area (Å²) < 4.78 is 13.9. The number of thiocarbonyl (C=S) groups is 2. The molecule has 0 saturated carbocycles. The molecular formula is C11H16N2O2S4. The SMILES string of the molecule is CC1(C)O[C@H]([C@H]2CSC(=S)N2)[C@@H]([C@H]2CSC(=S)N2)O1. The largest absolute Gasteiger partial charge is 0.365 e. The Bertz CT molecular complexity index is 381. The van der Waals surface area contributed by atoms with Gasteiger partial charge in [-0.05, 0) is 13.8 Å². The molecule has 0 spiro atoms. The Kier molecular flexibility index (Phi) is 4.01. The molecule has 0 aromatic rings. The highest BCUT2D eigenvalue weighted by atomic mass is 32.2. The maximum absolute atomic E-state index is 6.09. The van der Waals surface area contributed by atoms with E-state index in [1.165, 1.54) is 0 Å². The molecule has 8 heteroatoms. The number of rotatable bonds is 2. The van der Waals surface area contributed by atoms with Crippen LogP contribution in [0.5, 0.6) is 0 Å². The normalized spacial score (nSPS) is 41.4. The molecule has 0 aliphatic carbocycles. The van der Waals surface area contributed by atoms with Gasteiger partial charge in [0.15, 0.2) is 5.79 Å². The number of thioether (sulfide) groups is 2. The van der Waals surface area contributed by atoms with Crippen molar-refractivity contribution >= 4 is 56.6 Å². The molecule has 0 aromatic heterocycles. The zero-order valence-corrected chi connectivity index (χ0v) is 13.9. The lowest BCUT2D eigenvalue weighted by atomic mass is 10.0. The lowest BCUT2D eigenvalue weighted by molar-refractivity contribution is -0.149. The summed E-state index contributed by atoms with van der Waals surface area (Å²) in [6.45, 7) is 3.92. The van der Waals surface area contributed by atoms with Gasteiger partial charge in [0.25, 0.3) is 0 Å². The summed E-state index contributed by atoms with van der Waals surface area (Å²) in [7, 11) is 0. The second kappa shape index (κ2) is 5.31. The minimum Gasteiger partial charge on any atom is -0.365 e. The standard InChI is InChI=1S/C11H16N2O2S4/c1-11(2)14-7(5-3-18-9(16)12-5)8(15-11)6-4-19-10(17)13-6/h5-8H,3-4H2,1-2H3,(H,12,16)(H,13,17)/t5-,6-,7-,8-/m1/s1. The van der Waals surface area contributed by atoms with Gasteiger partial charge < -0.3 is 20.1 Å². The van der Waals surface area contributed by atoms with E-state index in [0.717, 1.165) is 20.1 Å². The Hall–Kier alpha value is 0.400. The minimum absolute atomic E-state index is 0.00181. The third-order valence-electron chi connectivity index (χ3n) is 3.35. The van der Waals surface area contributed by atoms with Gasteiger partial charge in [-0.1, -0.05) is 48.0 Å². The van der Waals surface area contributed by atoms with Crippen LogP contribution >= 0.6 is 48.0 Å². The molecule has 4 atom stereocenters. The molecule has 0 aromatic carbocycles. The van der Waals surface area contributed by atoms with Gasteiger partial charge in [0.1, 0.15) is 20.8 Å². The predicted molar refractivity (Wildman–Crippen MR) is 87.8 cm³/mol. The number of hydrogen-bond acceptors (Lipinski definition) is 6. The summed E-state index contributed by atoms with van der Waals surface area (Å²) >= 11 is 13.7. The van der Waals surface area contributed by atoms with Crippen molar-refractivity contribution in [2.24, 2.45) is 0 Å². The lowest BCUT2D eigenvalue weighted by Crippen LogP contribution is -2.51. The van der Waals surface area contributed by atoms with Crippen LogP contribution < -0.4 is 10.6 Å². The number of nitrogens with one attached hydrogen (secondary N) is 2. The maximum atomic E-state index is 6.09. The second-order valence-electron chi connectivity index (χ2n) is 5.26. The Morgan fingerprint density at radius 2 is 1.42 bits per heavy atom. The highest BCUT2D eigenvalue weighted by Gasteiger charge is 2.50. The first kappa shape index (κ1) is 14.3. The molecule has 106 valence electrons. The summed E-state index contributed by atoms with van der Waals surface area (Å²) in [5.41, 5.74) is 0. The van der Waals surface area contributed by atoms with Gasteiger partial charge in [0.2, 0.25) is 0 Å². The van der Waals surface area contributed by atoms with Crippen LogP contribution in [-0.2, 0) is 9.47 Å². The Labute approximate surface area is 132 Å². The van der Waals surface area contributed by atoms with E-state index in [9.17, 15) is 0 Å². The van der Waals surface area contributed by atoms with Crippen LogP contribution in [0, 0.1) is 0 Å². The molecule has 4 nitrogen and oxygen atoms in total. The minimum atomic E-state index is -0.553. The first-order chi connectivity index (χ1) is 8.94. The van der Waals surface area contributed by atoms with Gasteiger partial charge in [-0.25, -0.2) is 0 Å². The first-order valence-electron chi connectivity index (χ1n) is 6.17. The van der Waals surface area contributed by atoms with E-state index in [2.05, 4.69) is 10.6 Å². The van der Waals surface area contributed by atoms with E-state index in [0.29, 0.717) is 0 Å². The van der Waals surface area contributed by atoms with E-state index in [-0.39, 0.29) is 24.3 Å². The molecule has 3 aliphatic rings. The third kappa shape index (κ3) is 3.03. The average molecular weight is 337 g/mol. The molecule has 3 fully saturated rings. The van der Waals surface area contributed by atoms with E-state index < -0.39 is 5.79 Å². The Balaban J connectivity index is 1.76. The lowest BCUT2D eigenvalue weighted by Gasteiger charge is -2.26. The zero-order chi connectivity index (χ0) is 13.6. The molecule has 0 amide bonds. The number of hydrogen-bond donors (Lipinski definition) is 2. The van der Waals surface area contributed by atoms with Gasteiger partial charge in [-0.15, -0.1) is 0 Å². The van der Waals surface area contributed by atoms with Gasteiger partial charge in [0.05, 0.1) is 12.1 Å². The van der Waals surface area contributed by atoms with Crippen molar-refractivity contribution in [2.45, 2.75) is 43.9 Å². The molecule has 0 unspecified atom stereocenters. The van der Waals surface area contributed by atoms with Crippen molar-refractivity contribution in [3.8, 4) is 0 Å². The van der Waals surface area contributed by atoms with Gasteiger partial charge in [0, 0.05) is 11.5 Å². The summed E-state index contributed by atoms with van der Waals surface area (Å²) in [4.78, 5) is 0. The van der Waals surface area contributed by atoms with Crippen LogP contribution in [0.1, 0.15) is 13.8 Å². The van der Waals surface area contributed by atoms with E-state index in [1.807, 2.05) is 13.8 Å². The zero-order valence-electron chi connectivity index (χ0n) is 10.7. The molecule has 19 heavy (non-hydrogen) atoms.